The lowest BCUT2D eigenvalue weighted by Crippen LogP contribution is -2.16. The average Bonchev–Trinajstić information content (AvgIpc) is 2.60. The van der Waals surface area contributed by atoms with Crippen molar-refractivity contribution in [3.05, 3.63) is 23.5 Å². The highest BCUT2D eigenvalue weighted by atomic mass is 32.1. The topological polar surface area (TPSA) is 59.4 Å². The van der Waals surface area contributed by atoms with E-state index in [-0.39, 0.29) is 5.41 Å². The molecule has 2 rings (SSSR count). The lowest BCUT2D eigenvalue weighted by Gasteiger charge is -2.19. The average molecular weight is 249 g/mol. The van der Waals surface area contributed by atoms with E-state index in [1.165, 1.54) is 6.33 Å². The lowest BCUT2D eigenvalue weighted by molar-refractivity contribution is 0.343. The number of hydrogen-bond donors (Lipinski definition) is 1. The SMILES string of the molecule is CC(C)(C)Cn1c(-c2cncnc2)n[nH]c1=S. The largest absolute Gasteiger partial charge is 0.300 e. The van der Waals surface area contributed by atoms with Gasteiger partial charge in [0.05, 0.1) is 5.56 Å². The predicted molar refractivity (Wildman–Crippen MR) is 67.9 cm³/mol. The van der Waals surface area contributed by atoms with E-state index < -0.39 is 0 Å². The van der Waals surface area contributed by atoms with E-state index in [0.29, 0.717) is 4.77 Å². The summed E-state index contributed by atoms with van der Waals surface area (Å²) in [5.74, 6) is 0.783. The van der Waals surface area contributed by atoms with E-state index in [1.54, 1.807) is 12.4 Å². The number of nitrogens with zero attached hydrogens (tertiary/aromatic N) is 4. The summed E-state index contributed by atoms with van der Waals surface area (Å²) in [7, 11) is 0. The van der Waals surface area contributed by atoms with Crippen LogP contribution in [0.25, 0.3) is 11.4 Å². The summed E-state index contributed by atoms with van der Waals surface area (Å²) < 4.78 is 2.60. The van der Waals surface area contributed by atoms with E-state index in [4.69, 9.17) is 12.2 Å². The standard InChI is InChI=1S/C11H15N5S/c1-11(2,3)6-16-9(14-15-10(16)17)8-4-12-7-13-5-8/h4-5,7H,6H2,1-3H3,(H,15,17). The molecule has 2 aromatic rings. The van der Waals surface area contributed by atoms with Gasteiger partial charge in [0.2, 0.25) is 0 Å². The maximum absolute atomic E-state index is 5.24. The number of hydrogen-bond acceptors (Lipinski definition) is 4. The molecule has 0 saturated heterocycles. The van der Waals surface area contributed by atoms with Crippen molar-refractivity contribution in [1.82, 2.24) is 24.7 Å². The van der Waals surface area contributed by atoms with Gasteiger partial charge in [-0.15, -0.1) is 0 Å². The van der Waals surface area contributed by atoms with Gasteiger partial charge in [0.15, 0.2) is 10.6 Å². The minimum Gasteiger partial charge on any atom is -0.300 e. The van der Waals surface area contributed by atoms with E-state index in [2.05, 4.69) is 40.9 Å². The van der Waals surface area contributed by atoms with Crippen LogP contribution in [0.1, 0.15) is 20.8 Å². The molecule has 1 N–H and O–H groups in total. The molecule has 0 atom stereocenters. The summed E-state index contributed by atoms with van der Waals surface area (Å²) in [6.07, 6.45) is 4.97. The third kappa shape index (κ3) is 2.76. The summed E-state index contributed by atoms with van der Waals surface area (Å²) in [5.41, 5.74) is 0.996. The Morgan fingerprint density at radius 3 is 2.53 bits per heavy atom. The minimum absolute atomic E-state index is 0.131. The Morgan fingerprint density at radius 2 is 1.94 bits per heavy atom. The number of rotatable bonds is 2. The summed E-state index contributed by atoms with van der Waals surface area (Å²) in [6.45, 7) is 7.28. The molecule has 2 aromatic heterocycles. The second-order valence-electron chi connectivity index (χ2n) is 5.13. The van der Waals surface area contributed by atoms with E-state index in [9.17, 15) is 0 Å². The number of aromatic nitrogens is 5. The van der Waals surface area contributed by atoms with Gasteiger partial charge < -0.3 is 0 Å². The quantitative estimate of drug-likeness (QED) is 0.830. The van der Waals surface area contributed by atoms with Gasteiger partial charge in [0.1, 0.15) is 6.33 Å². The van der Waals surface area contributed by atoms with E-state index in [0.717, 1.165) is 17.9 Å². The van der Waals surface area contributed by atoms with Gasteiger partial charge in [0.25, 0.3) is 0 Å². The molecule has 0 aliphatic carbocycles. The Kier molecular flexibility index (Phi) is 3.06. The van der Waals surface area contributed by atoms with Crippen molar-refractivity contribution < 1.29 is 0 Å². The van der Waals surface area contributed by atoms with Crippen molar-refractivity contribution in [3.63, 3.8) is 0 Å². The zero-order valence-electron chi connectivity index (χ0n) is 10.1. The Balaban J connectivity index is 2.47. The van der Waals surface area contributed by atoms with Crippen LogP contribution in [-0.4, -0.2) is 24.7 Å². The molecule has 17 heavy (non-hydrogen) atoms. The Hall–Kier alpha value is -1.56. The fourth-order valence-electron chi connectivity index (χ4n) is 1.57. The van der Waals surface area contributed by atoms with E-state index in [1.807, 2.05) is 4.57 Å². The van der Waals surface area contributed by atoms with Gasteiger partial charge in [-0.2, -0.15) is 5.10 Å². The monoisotopic (exact) mass is 249 g/mol. The van der Waals surface area contributed by atoms with Crippen molar-refractivity contribution in [1.29, 1.82) is 0 Å². The lowest BCUT2D eigenvalue weighted by atomic mass is 9.97. The Bertz CT molecular complexity index is 549. The van der Waals surface area contributed by atoms with Gasteiger partial charge in [-0.3, -0.25) is 9.67 Å². The fourth-order valence-corrected chi connectivity index (χ4v) is 1.77. The van der Waals surface area contributed by atoms with Gasteiger partial charge in [-0.05, 0) is 17.6 Å². The molecule has 0 fully saturated rings. The zero-order chi connectivity index (χ0) is 12.5. The van der Waals surface area contributed by atoms with Crippen LogP contribution in [0.4, 0.5) is 0 Å². The van der Waals surface area contributed by atoms with E-state index >= 15 is 0 Å². The van der Waals surface area contributed by atoms with Crippen LogP contribution in [0.2, 0.25) is 0 Å². The zero-order valence-corrected chi connectivity index (χ0v) is 11.0. The van der Waals surface area contributed by atoms with Crippen molar-refractivity contribution in [2.24, 2.45) is 5.41 Å². The van der Waals surface area contributed by atoms with Crippen molar-refractivity contribution in [2.75, 3.05) is 0 Å². The minimum atomic E-state index is 0.131. The molecular weight excluding hydrogens is 234 g/mol. The smallest absolute Gasteiger partial charge is 0.195 e. The first-order valence-corrected chi connectivity index (χ1v) is 5.79. The summed E-state index contributed by atoms with van der Waals surface area (Å²) >= 11 is 5.24. The molecule has 0 aliphatic rings. The van der Waals surface area contributed by atoms with Crippen LogP contribution >= 0.6 is 12.2 Å². The number of H-pyrrole nitrogens is 1. The van der Waals surface area contributed by atoms with Gasteiger partial charge in [-0.1, -0.05) is 20.8 Å². The normalized spacial score (nSPS) is 11.7. The van der Waals surface area contributed by atoms with Crippen molar-refractivity contribution >= 4 is 12.2 Å². The molecule has 0 unspecified atom stereocenters. The molecular formula is C11H15N5S. The molecule has 0 spiro atoms. The molecule has 6 heteroatoms. The van der Waals surface area contributed by atoms with Crippen molar-refractivity contribution in [2.45, 2.75) is 27.3 Å². The molecule has 0 aromatic carbocycles. The molecule has 5 nitrogen and oxygen atoms in total. The molecule has 0 radical (unpaired) electrons. The summed E-state index contributed by atoms with van der Waals surface area (Å²) in [6, 6.07) is 0. The molecule has 0 saturated carbocycles. The highest BCUT2D eigenvalue weighted by Crippen LogP contribution is 2.21. The van der Waals surface area contributed by atoms with Gasteiger partial charge in [0, 0.05) is 18.9 Å². The van der Waals surface area contributed by atoms with Gasteiger partial charge in [-0.25, -0.2) is 9.97 Å². The molecule has 90 valence electrons. The maximum atomic E-state index is 5.24. The highest BCUT2D eigenvalue weighted by molar-refractivity contribution is 7.71. The third-order valence-electron chi connectivity index (χ3n) is 2.21. The second-order valence-corrected chi connectivity index (χ2v) is 5.51. The second kappa shape index (κ2) is 4.37. The molecule has 2 heterocycles. The fraction of sp³-hybridized carbons (Fsp3) is 0.455. The first kappa shape index (κ1) is 11.9. The van der Waals surface area contributed by atoms with Gasteiger partial charge >= 0.3 is 0 Å². The van der Waals surface area contributed by atoms with Crippen molar-refractivity contribution in [3.8, 4) is 11.4 Å². The first-order valence-electron chi connectivity index (χ1n) is 5.38. The van der Waals surface area contributed by atoms with Crippen LogP contribution < -0.4 is 0 Å². The summed E-state index contributed by atoms with van der Waals surface area (Å²) in [4.78, 5) is 7.99. The van der Waals surface area contributed by atoms with Crippen LogP contribution in [0.15, 0.2) is 18.7 Å². The molecule has 0 bridgehead atoms. The Labute approximate surface area is 105 Å². The summed E-state index contributed by atoms with van der Waals surface area (Å²) in [5, 5.41) is 7.05. The molecule has 0 amide bonds. The number of nitrogens with one attached hydrogen (secondary N) is 1. The Morgan fingerprint density at radius 1 is 1.29 bits per heavy atom. The molecule has 0 aliphatic heterocycles. The van der Waals surface area contributed by atoms with Crippen LogP contribution in [-0.2, 0) is 6.54 Å². The number of aromatic amines is 1. The van der Waals surface area contributed by atoms with Crippen LogP contribution in [0.5, 0.6) is 0 Å². The third-order valence-corrected chi connectivity index (χ3v) is 2.52. The van der Waals surface area contributed by atoms with Crippen LogP contribution in [0, 0.1) is 10.2 Å². The first-order chi connectivity index (χ1) is 7.97. The predicted octanol–water partition coefficient (Wildman–Crippen LogP) is 2.44. The maximum Gasteiger partial charge on any atom is 0.195 e. The highest BCUT2D eigenvalue weighted by Gasteiger charge is 2.16. The van der Waals surface area contributed by atoms with Crippen LogP contribution in [0.3, 0.4) is 0 Å².